The summed E-state index contributed by atoms with van der Waals surface area (Å²) in [6.45, 7) is 12.1. The number of carbonyl (C=O) groups is 5. The van der Waals surface area contributed by atoms with Crippen LogP contribution in [0.2, 0.25) is 0 Å². The van der Waals surface area contributed by atoms with Crippen molar-refractivity contribution in [1.29, 1.82) is 0 Å². The minimum absolute atomic E-state index is 0. The maximum atomic E-state index is 14.8. The van der Waals surface area contributed by atoms with Gasteiger partial charge in [0.25, 0.3) is 5.91 Å². The number of methoxy groups -OCH3 is 1. The lowest BCUT2D eigenvalue weighted by Crippen LogP contribution is -2.62. The van der Waals surface area contributed by atoms with Crippen LogP contribution in [-0.2, 0) is 59.4 Å². The summed E-state index contributed by atoms with van der Waals surface area (Å²) in [5.74, 6) is -2.40. The van der Waals surface area contributed by atoms with Gasteiger partial charge >= 0.3 is 5.97 Å². The third-order valence-corrected chi connectivity index (χ3v) is 14.3. The van der Waals surface area contributed by atoms with E-state index in [9.17, 15) is 29.1 Å². The van der Waals surface area contributed by atoms with Crippen LogP contribution in [0.1, 0.15) is 82.4 Å². The fourth-order valence-corrected chi connectivity index (χ4v) is 11.0. The lowest BCUT2D eigenvalue weighted by atomic mass is 9.84. The molecule has 4 aromatic rings. The van der Waals surface area contributed by atoms with Crippen LogP contribution in [0.3, 0.4) is 0 Å². The average molecular weight is 1050 g/mol. The Morgan fingerprint density at radius 3 is 2.41 bits per heavy atom. The van der Waals surface area contributed by atoms with E-state index in [1.54, 1.807) is 31.2 Å². The second-order valence-corrected chi connectivity index (χ2v) is 19.7. The maximum absolute atomic E-state index is 14.8. The molecule has 2 saturated heterocycles. The molecule has 388 valence electrons. The van der Waals surface area contributed by atoms with Crippen LogP contribution in [0.5, 0.6) is 5.75 Å². The Hall–Kier alpha value is -4.59. The number of hydrogen-bond donors (Lipinski definition) is 3. The first kappa shape index (κ1) is 59.0. The van der Waals surface area contributed by atoms with Gasteiger partial charge in [0.15, 0.2) is 0 Å². The average Bonchev–Trinajstić information content (AvgIpc) is 4.10. The van der Waals surface area contributed by atoms with E-state index in [1.807, 2.05) is 24.3 Å². The number of likely N-dealkylation sites (N-methyl/N-ethyl adjacent to an activating group) is 1. The molecule has 3 fully saturated rings. The molecular formula is C53H74N6O8S4. The van der Waals surface area contributed by atoms with Gasteiger partial charge in [-0.25, -0.2) is 5.43 Å². The molecule has 4 aliphatic rings. The number of carbonyl (C=O) groups excluding carboxylic acids is 5. The Labute approximate surface area is 446 Å². The first-order valence-corrected chi connectivity index (χ1v) is 24.0. The van der Waals surface area contributed by atoms with Gasteiger partial charge in [0.05, 0.1) is 24.8 Å². The third kappa shape index (κ3) is 12.8. The van der Waals surface area contributed by atoms with Crippen molar-refractivity contribution in [3.05, 3.63) is 90.0 Å². The number of aryl methyl sites for hydroxylation is 1. The van der Waals surface area contributed by atoms with Crippen molar-refractivity contribution < 1.29 is 38.6 Å². The monoisotopic (exact) mass is 1050 g/mol. The topological polar surface area (TPSA) is 163 Å². The van der Waals surface area contributed by atoms with Crippen LogP contribution in [0.15, 0.2) is 73.3 Å². The predicted octanol–water partition coefficient (Wildman–Crippen LogP) is 7.00. The molecule has 71 heavy (non-hydrogen) atoms. The van der Waals surface area contributed by atoms with E-state index in [4.69, 9.17) is 9.47 Å². The number of cyclic esters (lactones) is 1. The molecule has 8 rings (SSSR count). The molecule has 0 spiro atoms. The summed E-state index contributed by atoms with van der Waals surface area (Å²) in [5, 5.41) is 16.9. The SMILES string of the molecule is C=CC(=O)N1CC[C@H](C(=O)N(C)[C@H](C(=O)N[C@H]2Cc3cc(O)cc(c3)-c3ccc4c(c3)c(c(-c3ccccc3COC)n4CC)CC(C)(C)COC(=O)[C@@H]3CCCN(N3)C2=O)C2CCCC2)C1.S.S.S.S. The van der Waals surface area contributed by atoms with Gasteiger partial charge in [-0.05, 0) is 110 Å². The summed E-state index contributed by atoms with van der Waals surface area (Å²) in [7, 11) is 3.35. The summed E-state index contributed by atoms with van der Waals surface area (Å²) >= 11 is 0. The van der Waals surface area contributed by atoms with Crippen molar-refractivity contribution in [2.45, 2.75) is 110 Å². The molecule has 1 saturated carbocycles. The third-order valence-electron chi connectivity index (χ3n) is 14.3. The van der Waals surface area contributed by atoms with E-state index in [0.717, 1.165) is 70.1 Å². The normalized spacial score (nSPS) is 20.5. The van der Waals surface area contributed by atoms with Gasteiger partial charge in [0, 0.05) is 68.6 Å². The van der Waals surface area contributed by atoms with Gasteiger partial charge < -0.3 is 34.3 Å². The summed E-state index contributed by atoms with van der Waals surface area (Å²) in [4.78, 5) is 73.3. The Morgan fingerprint density at radius 2 is 1.70 bits per heavy atom. The van der Waals surface area contributed by atoms with Gasteiger partial charge in [-0.3, -0.25) is 29.0 Å². The predicted molar refractivity (Wildman–Crippen MR) is 298 cm³/mol. The van der Waals surface area contributed by atoms with E-state index < -0.39 is 47.2 Å². The quantitative estimate of drug-likeness (QED) is 0.112. The number of phenolic OH excluding ortho intramolecular Hbond substituents is 1. The Bertz CT molecular complexity index is 2560. The number of likely N-dealkylation sites (tertiary alicyclic amines) is 1. The van der Waals surface area contributed by atoms with Crippen molar-refractivity contribution in [1.82, 2.24) is 30.1 Å². The zero-order chi connectivity index (χ0) is 47.6. The van der Waals surface area contributed by atoms with Crippen LogP contribution in [0.4, 0.5) is 0 Å². The van der Waals surface area contributed by atoms with Gasteiger partial charge in [0.2, 0.25) is 17.7 Å². The van der Waals surface area contributed by atoms with Crippen LogP contribution in [0.25, 0.3) is 33.3 Å². The number of aromatic hydroxyl groups is 1. The number of hydrazine groups is 1. The smallest absolute Gasteiger partial charge is 0.324 e. The highest BCUT2D eigenvalue weighted by Crippen LogP contribution is 2.42. The fraction of sp³-hybridized carbons (Fsp3) is 0.491. The van der Waals surface area contributed by atoms with Crippen molar-refractivity contribution in [3.63, 3.8) is 0 Å². The van der Waals surface area contributed by atoms with Gasteiger partial charge in [-0.1, -0.05) is 69.7 Å². The molecule has 0 unspecified atom stereocenters. The van der Waals surface area contributed by atoms with Crippen LogP contribution in [-0.4, -0.2) is 113 Å². The molecule has 3 aliphatic heterocycles. The largest absolute Gasteiger partial charge is 0.508 e. The molecule has 3 N–H and O–H groups in total. The van der Waals surface area contributed by atoms with E-state index in [-0.39, 0.29) is 97.0 Å². The van der Waals surface area contributed by atoms with Crippen molar-refractivity contribution in [2.75, 3.05) is 40.4 Å². The number of nitrogens with one attached hydrogen (secondary N) is 2. The minimum Gasteiger partial charge on any atom is -0.508 e. The molecule has 1 aliphatic carbocycles. The zero-order valence-electron chi connectivity index (χ0n) is 41.6. The summed E-state index contributed by atoms with van der Waals surface area (Å²) in [6, 6.07) is 17.1. The number of hydrogen-bond acceptors (Lipinski definition) is 9. The summed E-state index contributed by atoms with van der Waals surface area (Å²) in [5.41, 5.74) is 10.2. The molecular weight excluding hydrogens is 977 g/mol. The highest BCUT2D eigenvalue weighted by atomic mass is 32.1. The van der Waals surface area contributed by atoms with Crippen molar-refractivity contribution in [3.8, 4) is 28.1 Å². The lowest BCUT2D eigenvalue weighted by molar-refractivity contribution is -0.155. The van der Waals surface area contributed by atoms with E-state index in [0.29, 0.717) is 57.5 Å². The van der Waals surface area contributed by atoms with E-state index in [2.05, 4.69) is 66.9 Å². The van der Waals surface area contributed by atoms with Gasteiger partial charge in [0.1, 0.15) is 23.9 Å². The second kappa shape index (κ2) is 25.4. The molecule has 6 bridgehead atoms. The summed E-state index contributed by atoms with van der Waals surface area (Å²) < 4.78 is 14.1. The molecule has 1 aromatic heterocycles. The maximum Gasteiger partial charge on any atom is 0.324 e. The minimum atomic E-state index is -1.13. The summed E-state index contributed by atoms with van der Waals surface area (Å²) in [6.07, 6.45) is 6.64. The van der Waals surface area contributed by atoms with Crippen molar-refractivity contribution >= 4 is 94.5 Å². The molecule has 3 aromatic carbocycles. The number of ether oxygens (including phenoxy) is 2. The lowest BCUT2D eigenvalue weighted by Gasteiger charge is -2.37. The molecule has 0 radical (unpaired) electrons. The van der Waals surface area contributed by atoms with Gasteiger partial charge in [-0.15, -0.1) is 0 Å². The first-order chi connectivity index (χ1) is 32.2. The molecule has 18 heteroatoms. The van der Waals surface area contributed by atoms with E-state index in [1.165, 1.54) is 16.0 Å². The highest BCUT2D eigenvalue weighted by molar-refractivity contribution is 7.59. The number of rotatable bonds is 10. The number of fused-ring (bicyclic) bond motifs is 6. The zero-order valence-corrected chi connectivity index (χ0v) is 45.6. The van der Waals surface area contributed by atoms with E-state index >= 15 is 0 Å². The molecule has 14 nitrogen and oxygen atoms in total. The molecule has 4 atom stereocenters. The number of benzene rings is 3. The Morgan fingerprint density at radius 1 is 0.972 bits per heavy atom. The fourth-order valence-electron chi connectivity index (χ4n) is 11.0. The number of aromatic nitrogens is 1. The first-order valence-electron chi connectivity index (χ1n) is 24.0. The number of amides is 4. The number of nitrogens with zero attached hydrogens (tertiary/aromatic N) is 4. The second-order valence-electron chi connectivity index (χ2n) is 19.7. The highest BCUT2D eigenvalue weighted by Gasteiger charge is 2.42. The van der Waals surface area contributed by atoms with Crippen LogP contribution < -0.4 is 10.7 Å². The Kier molecular flexibility index (Phi) is 21.1. The van der Waals surface area contributed by atoms with Crippen LogP contribution >= 0.6 is 54.0 Å². The van der Waals surface area contributed by atoms with Gasteiger partial charge in [-0.2, -0.15) is 54.0 Å². The Balaban J connectivity index is 0.00000274. The van der Waals surface area contributed by atoms with Crippen LogP contribution in [0, 0.1) is 17.3 Å². The van der Waals surface area contributed by atoms with Crippen molar-refractivity contribution in [2.24, 2.45) is 17.3 Å². The number of phenols is 1. The molecule has 4 amide bonds. The molecule has 4 heterocycles. The standard InChI is InChI=1S/C53H66N6O8.4H2S/c1-7-46(61)57-23-21-36(30-57)50(63)56(5)47(34-14-9-10-15-34)49(62)54-44-26-33-24-38(27-39(60)25-33)35-19-20-45-41(28-35)42(48(58(45)8-2)40-17-12-11-16-37(40)31-66-6)29-53(3,4)32-67-52(65)43-18-13-22-59(55-43)51(44)64;;;;/h7,11-12,16-17,19-20,24-25,27-28,34,36,43-44,47,55,60H,1,8-10,13-15,18,21-23,26,29-32H2,2-6H3,(H,54,62);4*1H2/t36-,43-,44-,47-;;;;/m0..../s1. The number of esters is 1.